The quantitative estimate of drug-likeness (QED) is 0.523. The zero-order valence-electron chi connectivity index (χ0n) is 17.7. The molecule has 1 N–H and O–H groups in total. The van der Waals surface area contributed by atoms with Crippen LogP contribution in [0.2, 0.25) is 5.02 Å². The Labute approximate surface area is 191 Å². The lowest BCUT2D eigenvalue weighted by atomic mass is 10.0. The smallest absolute Gasteiger partial charge is 0.261 e. The van der Waals surface area contributed by atoms with Crippen LogP contribution in [0, 0.1) is 0 Å². The molecule has 30 heavy (non-hydrogen) atoms. The lowest BCUT2D eigenvalue weighted by Crippen LogP contribution is -2.49. The molecule has 2 amide bonds. The van der Waals surface area contributed by atoms with Gasteiger partial charge in [-0.3, -0.25) is 9.59 Å². The average molecular weight is 496 g/mol. The number of ether oxygens (including phenoxy) is 1. The van der Waals surface area contributed by atoms with Crippen LogP contribution in [0.25, 0.3) is 0 Å². The molecule has 0 aliphatic heterocycles. The van der Waals surface area contributed by atoms with Crippen LogP contribution in [0.15, 0.2) is 46.9 Å². The molecule has 162 valence electrons. The van der Waals surface area contributed by atoms with Crippen molar-refractivity contribution in [3.05, 3.63) is 63.1 Å². The number of amides is 2. The van der Waals surface area contributed by atoms with E-state index in [9.17, 15) is 9.59 Å². The highest BCUT2D eigenvalue weighted by Crippen LogP contribution is 2.29. The molecule has 0 saturated heterocycles. The van der Waals surface area contributed by atoms with E-state index in [1.807, 2.05) is 37.3 Å². The van der Waals surface area contributed by atoms with Crippen LogP contribution in [-0.2, 0) is 16.1 Å². The Kier molecular flexibility index (Phi) is 9.18. The third-order valence-corrected chi connectivity index (χ3v) is 5.59. The maximum Gasteiger partial charge on any atom is 0.261 e. The molecule has 1 atom stereocenters. The van der Waals surface area contributed by atoms with Crippen LogP contribution in [0.1, 0.15) is 44.7 Å². The molecule has 0 bridgehead atoms. The SMILES string of the molecule is CCNC(=O)[C@H](C)N(Cc1cccc(Cl)c1)C(=O)COc1ccc(C(C)C)cc1Br. The Bertz CT molecular complexity index is 889. The van der Waals surface area contributed by atoms with Crippen LogP contribution in [-0.4, -0.2) is 35.9 Å². The van der Waals surface area contributed by atoms with Gasteiger partial charge >= 0.3 is 0 Å². The number of carbonyl (C=O) groups excluding carboxylic acids is 2. The molecule has 0 aliphatic rings. The Morgan fingerprint density at radius 2 is 1.90 bits per heavy atom. The van der Waals surface area contributed by atoms with Crippen LogP contribution >= 0.6 is 27.5 Å². The molecule has 0 heterocycles. The first-order valence-electron chi connectivity index (χ1n) is 9.96. The monoisotopic (exact) mass is 494 g/mol. The summed E-state index contributed by atoms with van der Waals surface area (Å²) in [5.41, 5.74) is 2.02. The molecule has 0 radical (unpaired) electrons. The minimum atomic E-state index is -0.646. The van der Waals surface area contributed by atoms with E-state index in [4.69, 9.17) is 16.3 Å². The predicted octanol–water partition coefficient (Wildman–Crippen LogP) is 5.16. The largest absolute Gasteiger partial charge is 0.483 e. The summed E-state index contributed by atoms with van der Waals surface area (Å²) in [4.78, 5) is 26.9. The number of carbonyl (C=O) groups is 2. The van der Waals surface area contributed by atoms with Gasteiger partial charge in [0.25, 0.3) is 5.91 Å². The maximum atomic E-state index is 13.0. The number of nitrogens with zero attached hydrogens (tertiary/aromatic N) is 1. The first kappa shape index (κ1) is 24.2. The summed E-state index contributed by atoms with van der Waals surface area (Å²) in [6, 6.07) is 12.4. The molecule has 0 unspecified atom stereocenters. The van der Waals surface area contributed by atoms with E-state index in [1.165, 1.54) is 10.5 Å². The Morgan fingerprint density at radius 1 is 1.17 bits per heavy atom. The summed E-state index contributed by atoms with van der Waals surface area (Å²) in [6.45, 7) is 8.35. The number of hydrogen-bond donors (Lipinski definition) is 1. The Balaban J connectivity index is 2.16. The average Bonchev–Trinajstić information content (AvgIpc) is 2.70. The van der Waals surface area contributed by atoms with Gasteiger partial charge in [-0.2, -0.15) is 0 Å². The molecule has 2 aromatic rings. The normalized spacial score (nSPS) is 11.8. The van der Waals surface area contributed by atoms with Crippen molar-refractivity contribution >= 4 is 39.3 Å². The maximum absolute atomic E-state index is 13.0. The lowest BCUT2D eigenvalue weighted by molar-refractivity contribution is -0.142. The van der Waals surface area contributed by atoms with Crippen molar-refractivity contribution in [1.82, 2.24) is 10.2 Å². The fraction of sp³-hybridized carbons (Fsp3) is 0.391. The van der Waals surface area contributed by atoms with E-state index in [1.54, 1.807) is 19.1 Å². The lowest BCUT2D eigenvalue weighted by Gasteiger charge is -2.28. The number of likely N-dealkylation sites (N-methyl/N-ethyl adjacent to an activating group) is 1. The first-order chi connectivity index (χ1) is 14.2. The molecule has 0 aliphatic carbocycles. The first-order valence-corrected chi connectivity index (χ1v) is 11.1. The molecule has 5 nitrogen and oxygen atoms in total. The molecular formula is C23H28BrClN2O3. The standard InChI is InChI=1S/C23H28BrClN2O3/c1-5-26-23(29)16(4)27(13-17-7-6-8-19(25)11-17)22(28)14-30-21-10-9-18(15(2)3)12-20(21)24/h6-12,15-16H,5,13-14H2,1-4H3,(H,26,29)/t16-/m0/s1. The van der Waals surface area contributed by atoms with E-state index in [-0.39, 0.29) is 25.0 Å². The number of hydrogen-bond acceptors (Lipinski definition) is 3. The predicted molar refractivity (Wildman–Crippen MR) is 124 cm³/mol. The fourth-order valence-corrected chi connectivity index (χ4v) is 3.68. The second-order valence-electron chi connectivity index (χ2n) is 7.36. The summed E-state index contributed by atoms with van der Waals surface area (Å²) in [6.07, 6.45) is 0. The van der Waals surface area contributed by atoms with Crippen molar-refractivity contribution in [3.63, 3.8) is 0 Å². The summed E-state index contributed by atoms with van der Waals surface area (Å²) in [5, 5.41) is 3.35. The highest BCUT2D eigenvalue weighted by atomic mass is 79.9. The van der Waals surface area contributed by atoms with Crippen LogP contribution in [0.5, 0.6) is 5.75 Å². The van der Waals surface area contributed by atoms with Gasteiger partial charge in [-0.1, -0.05) is 43.6 Å². The second-order valence-corrected chi connectivity index (χ2v) is 8.65. The fourth-order valence-electron chi connectivity index (χ4n) is 2.95. The van der Waals surface area contributed by atoms with Crippen molar-refractivity contribution in [2.45, 2.75) is 46.2 Å². The minimum Gasteiger partial charge on any atom is -0.483 e. The number of benzene rings is 2. The number of nitrogens with one attached hydrogen (secondary N) is 1. The van der Waals surface area contributed by atoms with Crippen LogP contribution in [0.4, 0.5) is 0 Å². The molecular weight excluding hydrogens is 468 g/mol. The van der Waals surface area contributed by atoms with E-state index in [0.717, 1.165) is 10.0 Å². The zero-order valence-corrected chi connectivity index (χ0v) is 20.1. The number of rotatable bonds is 9. The van der Waals surface area contributed by atoms with E-state index >= 15 is 0 Å². The molecule has 2 rings (SSSR count). The highest BCUT2D eigenvalue weighted by molar-refractivity contribution is 9.10. The molecule has 0 saturated carbocycles. The van der Waals surface area contributed by atoms with Gasteiger partial charge < -0.3 is 15.0 Å². The highest BCUT2D eigenvalue weighted by Gasteiger charge is 2.26. The summed E-state index contributed by atoms with van der Waals surface area (Å²) in [5.74, 6) is 0.480. The van der Waals surface area contributed by atoms with E-state index in [2.05, 4.69) is 35.1 Å². The van der Waals surface area contributed by atoms with E-state index < -0.39 is 6.04 Å². The zero-order chi connectivity index (χ0) is 22.3. The molecule has 0 fully saturated rings. The molecule has 0 aromatic heterocycles. The molecule has 2 aromatic carbocycles. The summed E-state index contributed by atoms with van der Waals surface area (Å²) >= 11 is 9.59. The third-order valence-electron chi connectivity index (χ3n) is 4.73. The van der Waals surface area contributed by atoms with Gasteiger partial charge in [0.15, 0.2) is 6.61 Å². The van der Waals surface area contributed by atoms with Crippen molar-refractivity contribution in [3.8, 4) is 5.75 Å². The second kappa shape index (κ2) is 11.4. The minimum absolute atomic E-state index is 0.177. The van der Waals surface area contributed by atoms with Gasteiger partial charge in [0.1, 0.15) is 11.8 Å². The van der Waals surface area contributed by atoms with Crippen LogP contribution in [0.3, 0.4) is 0 Å². The molecule has 0 spiro atoms. The summed E-state index contributed by atoms with van der Waals surface area (Å²) < 4.78 is 6.56. The van der Waals surface area contributed by atoms with Gasteiger partial charge in [-0.05, 0) is 71.1 Å². The topological polar surface area (TPSA) is 58.6 Å². The van der Waals surface area contributed by atoms with Gasteiger partial charge in [0.2, 0.25) is 5.91 Å². The van der Waals surface area contributed by atoms with Gasteiger partial charge in [-0.25, -0.2) is 0 Å². The van der Waals surface area contributed by atoms with Crippen LogP contribution < -0.4 is 10.1 Å². The van der Waals surface area contributed by atoms with E-state index in [0.29, 0.717) is 23.2 Å². The van der Waals surface area contributed by atoms with Crippen molar-refractivity contribution in [2.75, 3.05) is 13.2 Å². The molecule has 7 heteroatoms. The van der Waals surface area contributed by atoms with Gasteiger partial charge in [0.05, 0.1) is 4.47 Å². The van der Waals surface area contributed by atoms with Crippen molar-refractivity contribution < 1.29 is 14.3 Å². The Morgan fingerprint density at radius 3 is 2.50 bits per heavy atom. The van der Waals surface area contributed by atoms with Crippen molar-refractivity contribution in [1.29, 1.82) is 0 Å². The Hall–Kier alpha value is -2.05. The third kappa shape index (κ3) is 6.74. The summed E-state index contributed by atoms with van der Waals surface area (Å²) in [7, 11) is 0. The van der Waals surface area contributed by atoms with Gasteiger partial charge in [0, 0.05) is 18.1 Å². The van der Waals surface area contributed by atoms with Crippen molar-refractivity contribution in [2.24, 2.45) is 0 Å². The van der Waals surface area contributed by atoms with Gasteiger partial charge in [-0.15, -0.1) is 0 Å². The number of halogens is 2.